The Bertz CT molecular complexity index is 923. The molecule has 2 aromatic rings. The Morgan fingerprint density at radius 1 is 0.966 bits per heavy atom. The molecular formula is C18H15Br2Cl2NO6. The lowest BCUT2D eigenvalue weighted by Crippen LogP contribution is -2.21. The summed E-state index contributed by atoms with van der Waals surface area (Å²) in [7, 11) is 4.25. The predicted octanol–water partition coefficient (Wildman–Crippen LogP) is 5.34. The molecule has 156 valence electrons. The van der Waals surface area contributed by atoms with Crippen molar-refractivity contribution in [3.63, 3.8) is 0 Å². The number of rotatable bonds is 7. The Hall–Kier alpha value is -1.68. The fourth-order valence-corrected chi connectivity index (χ4v) is 4.36. The Morgan fingerprint density at radius 2 is 1.52 bits per heavy atom. The van der Waals surface area contributed by atoms with Crippen molar-refractivity contribution in [1.29, 1.82) is 0 Å². The van der Waals surface area contributed by atoms with E-state index in [4.69, 9.17) is 42.1 Å². The largest absolute Gasteiger partial charge is 0.492 e. The number of hydrogen-bond acceptors (Lipinski definition) is 6. The summed E-state index contributed by atoms with van der Waals surface area (Å²) in [5.74, 6) is -0.652. The number of amides is 1. The highest BCUT2D eigenvalue weighted by Gasteiger charge is 2.29. The first-order valence-electron chi connectivity index (χ1n) is 7.84. The van der Waals surface area contributed by atoms with Gasteiger partial charge in [0.25, 0.3) is 5.91 Å². The van der Waals surface area contributed by atoms with Crippen LogP contribution in [0, 0.1) is 0 Å². The number of anilines is 1. The van der Waals surface area contributed by atoms with Crippen molar-refractivity contribution in [2.24, 2.45) is 0 Å². The van der Waals surface area contributed by atoms with Crippen molar-refractivity contribution in [1.82, 2.24) is 0 Å². The van der Waals surface area contributed by atoms with Crippen LogP contribution in [0.25, 0.3) is 0 Å². The molecule has 7 nitrogen and oxygen atoms in total. The van der Waals surface area contributed by atoms with Crippen LogP contribution in [0.1, 0.15) is 10.4 Å². The Morgan fingerprint density at radius 3 is 2.03 bits per heavy atom. The molecule has 0 aromatic heterocycles. The van der Waals surface area contributed by atoms with E-state index in [0.29, 0.717) is 5.69 Å². The highest BCUT2D eigenvalue weighted by atomic mass is 79.9. The van der Waals surface area contributed by atoms with Crippen molar-refractivity contribution in [3.8, 4) is 17.2 Å². The Kier molecular flexibility index (Phi) is 8.45. The summed E-state index contributed by atoms with van der Waals surface area (Å²) < 4.78 is 21.6. The number of carbonyl (C=O) groups is 2. The molecule has 0 fully saturated rings. The van der Waals surface area contributed by atoms with E-state index in [1.54, 1.807) is 18.2 Å². The quantitative estimate of drug-likeness (QED) is 0.452. The zero-order chi connectivity index (χ0) is 21.7. The number of esters is 1. The molecular weight excluding hydrogens is 557 g/mol. The maximum Gasteiger partial charge on any atom is 0.341 e. The lowest BCUT2D eigenvalue weighted by atomic mass is 10.2. The lowest BCUT2D eigenvalue weighted by molar-refractivity contribution is -0.119. The van der Waals surface area contributed by atoms with Gasteiger partial charge in [0, 0.05) is 0 Å². The SMILES string of the molecule is COc1c(Br)c(C(=O)OCC(=O)Nc2cccc(Cl)c2Cl)c(Br)c(OC)c1OC. The van der Waals surface area contributed by atoms with Crippen molar-refractivity contribution in [3.05, 3.63) is 42.8 Å². The first-order valence-corrected chi connectivity index (χ1v) is 10.2. The van der Waals surface area contributed by atoms with E-state index in [0.717, 1.165) is 0 Å². The summed E-state index contributed by atoms with van der Waals surface area (Å²) in [6.07, 6.45) is 0. The molecule has 11 heteroatoms. The van der Waals surface area contributed by atoms with Gasteiger partial charge in [0.05, 0.1) is 51.6 Å². The number of benzene rings is 2. The molecule has 0 aliphatic rings. The summed E-state index contributed by atoms with van der Waals surface area (Å²) in [6, 6.07) is 4.78. The topological polar surface area (TPSA) is 83.1 Å². The van der Waals surface area contributed by atoms with Gasteiger partial charge in [-0.15, -0.1) is 0 Å². The molecule has 0 spiro atoms. The van der Waals surface area contributed by atoms with Crippen molar-refractivity contribution < 1.29 is 28.5 Å². The van der Waals surface area contributed by atoms with Gasteiger partial charge in [-0.05, 0) is 44.0 Å². The van der Waals surface area contributed by atoms with Crippen molar-refractivity contribution >= 4 is 72.6 Å². The molecule has 0 saturated carbocycles. The van der Waals surface area contributed by atoms with Gasteiger partial charge in [0.2, 0.25) is 5.75 Å². The minimum atomic E-state index is -0.796. The predicted molar refractivity (Wildman–Crippen MR) is 117 cm³/mol. The fourth-order valence-electron chi connectivity index (χ4n) is 2.34. The zero-order valence-electron chi connectivity index (χ0n) is 15.4. The minimum Gasteiger partial charge on any atom is -0.492 e. The highest BCUT2D eigenvalue weighted by molar-refractivity contribution is 9.11. The third-order valence-electron chi connectivity index (χ3n) is 3.63. The second kappa shape index (κ2) is 10.4. The monoisotopic (exact) mass is 569 g/mol. The van der Waals surface area contributed by atoms with E-state index in [-0.39, 0.29) is 41.8 Å². The van der Waals surface area contributed by atoms with Crippen molar-refractivity contribution in [2.75, 3.05) is 33.3 Å². The van der Waals surface area contributed by atoms with E-state index >= 15 is 0 Å². The van der Waals surface area contributed by atoms with Gasteiger partial charge < -0.3 is 24.3 Å². The number of nitrogens with one attached hydrogen (secondary N) is 1. The molecule has 2 aromatic carbocycles. The molecule has 0 bridgehead atoms. The maximum absolute atomic E-state index is 12.6. The van der Waals surface area contributed by atoms with Gasteiger partial charge >= 0.3 is 5.97 Å². The highest BCUT2D eigenvalue weighted by Crippen LogP contribution is 2.50. The molecule has 2 rings (SSSR count). The van der Waals surface area contributed by atoms with Gasteiger partial charge in [-0.25, -0.2) is 4.79 Å². The van der Waals surface area contributed by atoms with Gasteiger partial charge in [0.15, 0.2) is 18.1 Å². The van der Waals surface area contributed by atoms with Crippen molar-refractivity contribution in [2.45, 2.75) is 0 Å². The second-order valence-corrected chi connectivity index (χ2v) is 7.70. The second-order valence-electron chi connectivity index (χ2n) is 5.33. The van der Waals surface area contributed by atoms with Gasteiger partial charge in [-0.2, -0.15) is 0 Å². The van der Waals surface area contributed by atoms with E-state index in [2.05, 4.69) is 37.2 Å². The standard InChI is InChI=1S/C18H15Br2Cl2NO6/c1-26-15-12(19)11(13(20)16(27-2)17(15)28-3)18(25)29-7-10(24)23-9-6-4-5-8(21)14(9)22/h4-6H,7H2,1-3H3,(H,23,24). The number of methoxy groups -OCH3 is 3. The Balaban J connectivity index is 2.22. The van der Waals surface area contributed by atoms with Gasteiger partial charge in [0.1, 0.15) is 0 Å². The third kappa shape index (κ3) is 5.09. The minimum absolute atomic E-state index is 0.0630. The summed E-state index contributed by atoms with van der Waals surface area (Å²) in [6.45, 7) is -0.558. The number of ether oxygens (including phenoxy) is 4. The van der Waals surface area contributed by atoms with Crippen LogP contribution in [-0.4, -0.2) is 39.8 Å². The maximum atomic E-state index is 12.6. The van der Waals surface area contributed by atoms with Gasteiger partial charge in [-0.1, -0.05) is 29.3 Å². The molecule has 0 saturated heterocycles. The molecule has 1 amide bonds. The summed E-state index contributed by atoms with van der Waals surface area (Å²) in [5.41, 5.74) is 0.364. The number of hydrogen-bond donors (Lipinski definition) is 1. The van der Waals surface area contributed by atoms with Gasteiger partial charge in [-0.3, -0.25) is 4.79 Å². The zero-order valence-corrected chi connectivity index (χ0v) is 20.1. The average Bonchev–Trinajstić information content (AvgIpc) is 2.69. The summed E-state index contributed by atoms with van der Waals surface area (Å²) >= 11 is 18.5. The normalized spacial score (nSPS) is 10.3. The van der Waals surface area contributed by atoms with Crippen LogP contribution in [0.15, 0.2) is 27.1 Å². The Labute approximate surface area is 193 Å². The van der Waals surface area contributed by atoms with E-state index < -0.39 is 18.5 Å². The van der Waals surface area contributed by atoms with Crippen LogP contribution in [0.5, 0.6) is 17.2 Å². The molecule has 0 unspecified atom stereocenters. The summed E-state index contributed by atoms with van der Waals surface area (Å²) in [5, 5.41) is 2.99. The van der Waals surface area contributed by atoms with Crippen LogP contribution >= 0.6 is 55.1 Å². The van der Waals surface area contributed by atoms with Crippen LogP contribution < -0.4 is 19.5 Å². The smallest absolute Gasteiger partial charge is 0.341 e. The van der Waals surface area contributed by atoms with Crippen LogP contribution in [-0.2, 0) is 9.53 Å². The van der Waals surface area contributed by atoms with E-state index in [9.17, 15) is 9.59 Å². The van der Waals surface area contributed by atoms with Crippen LogP contribution in [0.3, 0.4) is 0 Å². The molecule has 29 heavy (non-hydrogen) atoms. The lowest BCUT2D eigenvalue weighted by Gasteiger charge is -2.18. The van der Waals surface area contributed by atoms with Crippen LogP contribution in [0.2, 0.25) is 10.0 Å². The summed E-state index contributed by atoms with van der Waals surface area (Å²) in [4.78, 5) is 24.8. The van der Waals surface area contributed by atoms with Crippen LogP contribution in [0.4, 0.5) is 5.69 Å². The molecule has 1 N–H and O–H groups in total. The molecule has 0 aliphatic heterocycles. The molecule has 0 aliphatic carbocycles. The van der Waals surface area contributed by atoms with E-state index in [1.807, 2.05) is 0 Å². The fraction of sp³-hybridized carbons (Fsp3) is 0.222. The first kappa shape index (κ1) is 23.6. The third-order valence-corrected chi connectivity index (χ3v) is 5.96. The molecule has 0 radical (unpaired) electrons. The average molecular weight is 572 g/mol. The molecule has 0 atom stereocenters. The number of carbonyl (C=O) groups excluding carboxylic acids is 2. The first-order chi connectivity index (χ1) is 13.8. The number of halogens is 4. The molecule has 0 heterocycles. The van der Waals surface area contributed by atoms with E-state index in [1.165, 1.54) is 21.3 Å².